The maximum absolute atomic E-state index is 12.4. The van der Waals surface area contributed by atoms with Crippen molar-refractivity contribution in [3.63, 3.8) is 0 Å². The quantitative estimate of drug-likeness (QED) is 0.797. The van der Waals surface area contributed by atoms with E-state index in [2.05, 4.69) is 11.9 Å². The Labute approximate surface area is 102 Å². The highest BCUT2D eigenvalue weighted by Gasteiger charge is 2.27. The van der Waals surface area contributed by atoms with Gasteiger partial charge in [-0.15, -0.1) is 0 Å². The van der Waals surface area contributed by atoms with Crippen LogP contribution in [0.3, 0.4) is 0 Å². The zero-order valence-corrected chi connectivity index (χ0v) is 10.6. The Morgan fingerprint density at radius 2 is 2.00 bits per heavy atom. The standard InChI is InChI=1S/C14H20N2O/c1-9-3-5-11(6-4-9)13(17)12-10(2)7-8-16-14(12)15/h7-9,11H,3-6H2,1-2H3,(H2,15,16). The molecule has 2 N–H and O–H groups in total. The average molecular weight is 232 g/mol. The first-order chi connectivity index (χ1) is 8.09. The fourth-order valence-corrected chi connectivity index (χ4v) is 2.63. The molecule has 0 atom stereocenters. The van der Waals surface area contributed by atoms with Crippen molar-refractivity contribution < 1.29 is 4.79 Å². The van der Waals surface area contributed by atoms with Crippen LogP contribution in [-0.4, -0.2) is 10.8 Å². The van der Waals surface area contributed by atoms with Crippen LogP contribution in [0.15, 0.2) is 12.3 Å². The Morgan fingerprint density at radius 3 is 2.59 bits per heavy atom. The van der Waals surface area contributed by atoms with Gasteiger partial charge in [-0.1, -0.05) is 19.8 Å². The summed E-state index contributed by atoms with van der Waals surface area (Å²) >= 11 is 0. The van der Waals surface area contributed by atoms with Crippen LogP contribution in [0, 0.1) is 18.8 Å². The minimum Gasteiger partial charge on any atom is -0.383 e. The molecule has 0 radical (unpaired) electrons. The van der Waals surface area contributed by atoms with E-state index in [4.69, 9.17) is 5.73 Å². The summed E-state index contributed by atoms with van der Waals surface area (Å²) in [6, 6.07) is 1.86. The van der Waals surface area contributed by atoms with Gasteiger partial charge < -0.3 is 5.73 Å². The zero-order valence-electron chi connectivity index (χ0n) is 10.6. The molecule has 17 heavy (non-hydrogen) atoms. The van der Waals surface area contributed by atoms with Crippen molar-refractivity contribution in [1.82, 2.24) is 4.98 Å². The van der Waals surface area contributed by atoms with Gasteiger partial charge in [0, 0.05) is 12.1 Å². The van der Waals surface area contributed by atoms with Crippen LogP contribution in [0.5, 0.6) is 0 Å². The van der Waals surface area contributed by atoms with E-state index in [9.17, 15) is 4.79 Å². The third-order valence-corrected chi connectivity index (χ3v) is 3.82. The second-order valence-corrected chi connectivity index (χ2v) is 5.21. The number of carbonyl (C=O) groups is 1. The van der Waals surface area contributed by atoms with Gasteiger partial charge in [-0.05, 0) is 37.3 Å². The Bertz CT molecular complexity index is 400. The van der Waals surface area contributed by atoms with E-state index in [1.165, 1.54) is 0 Å². The van der Waals surface area contributed by atoms with E-state index in [-0.39, 0.29) is 11.7 Å². The first-order valence-electron chi connectivity index (χ1n) is 6.35. The fraction of sp³-hybridized carbons (Fsp3) is 0.571. The van der Waals surface area contributed by atoms with Crippen LogP contribution < -0.4 is 5.73 Å². The number of nitrogen functional groups attached to an aromatic ring is 1. The molecule has 0 bridgehead atoms. The van der Waals surface area contributed by atoms with Crippen LogP contribution in [0.25, 0.3) is 0 Å². The summed E-state index contributed by atoms with van der Waals surface area (Å²) < 4.78 is 0. The lowest BCUT2D eigenvalue weighted by atomic mass is 9.79. The van der Waals surface area contributed by atoms with E-state index >= 15 is 0 Å². The first-order valence-corrected chi connectivity index (χ1v) is 6.35. The second kappa shape index (κ2) is 4.86. The first kappa shape index (κ1) is 12.1. The van der Waals surface area contributed by atoms with Gasteiger partial charge in [0.05, 0.1) is 5.56 Å². The van der Waals surface area contributed by atoms with Crippen molar-refractivity contribution in [1.29, 1.82) is 0 Å². The summed E-state index contributed by atoms with van der Waals surface area (Å²) in [5, 5.41) is 0. The Morgan fingerprint density at radius 1 is 1.35 bits per heavy atom. The summed E-state index contributed by atoms with van der Waals surface area (Å²) in [4.78, 5) is 16.5. The summed E-state index contributed by atoms with van der Waals surface area (Å²) in [5.41, 5.74) is 7.42. The molecule has 1 aliphatic rings. The molecule has 0 aromatic carbocycles. The minimum absolute atomic E-state index is 0.149. The molecule has 0 spiro atoms. The Hall–Kier alpha value is -1.38. The van der Waals surface area contributed by atoms with Gasteiger partial charge >= 0.3 is 0 Å². The number of hydrogen-bond acceptors (Lipinski definition) is 3. The van der Waals surface area contributed by atoms with Gasteiger partial charge in [-0.3, -0.25) is 4.79 Å². The highest BCUT2D eigenvalue weighted by Crippen LogP contribution is 2.32. The molecule has 0 unspecified atom stereocenters. The number of hydrogen-bond donors (Lipinski definition) is 1. The summed E-state index contributed by atoms with van der Waals surface area (Å²) in [7, 11) is 0. The van der Waals surface area contributed by atoms with Crippen LogP contribution in [0.2, 0.25) is 0 Å². The third-order valence-electron chi connectivity index (χ3n) is 3.82. The lowest BCUT2D eigenvalue weighted by Gasteiger charge is -2.25. The number of ketones is 1. The van der Waals surface area contributed by atoms with E-state index in [1.54, 1.807) is 6.20 Å². The van der Waals surface area contributed by atoms with Crippen molar-refractivity contribution in [2.75, 3.05) is 5.73 Å². The van der Waals surface area contributed by atoms with Gasteiger partial charge in [-0.2, -0.15) is 0 Å². The molecule has 1 aromatic heterocycles. The van der Waals surface area contributed by atoms with Crippen LogP contribution in [0.4, 0.5) is 5.82 Å². The normalized spacial score (nSPS) is 24.6. The van der Waals surface area contributed by atoms with Gasteiger partial charge in [0.1, 0.15) is 5.82 Å². The molecule has 1 heterocycles. The molecule has 92 valence electrons. The molecular weight excluding hydrogens is 212 g/mol. The number of Topliss-reactive ketones (excluding diaryl/α,β-unsaturated/α-hetero) is 1. The van der Waals surface area contributed by atoms with Crippen molar-refractivity contribution in [3.05, 3.63) is 23.4 Å². The number of nitrogens with two attached hydrogens (primary N) is 1. The molecule has 1 fully saturated rings. The fourth-order valence-electron chi connectivity index (χ4n) is 2.63. The highest BCUT2D eigenvalue weighted by molar-refractivity contribution is 6.02. The van der Waals surface area contributed by atoms with Gasteiger partial charge in [0.2, 0.25) is 0 Å². The Kier molecular flexibility index (Phi) is 3.46. The smallest absolute Gasteiger partial charge is 0.169 e. The maximum atomic E-state index is 12.4. The summed E-state index contributed by atoms with van der Waals surface area (Å²) in [6.07, 6.45) is 5.94. The highest BCUT2D eigenvalue weighted by atomic mass is 16.1. The maximum Gasteiger partial charge on any atom is 0.169 e. The topological polar surface area (TPSA) is 56.0 Å². The lowest BCUT2D eigenvalue weighted by Crippen LogP contribution is -2.22. The van der Waals surface area contributed by atoms with Crippen LogP contribution in [0.1, 0.15) is 48.5 Å². The Balaban J connectivity index is 2.20. The van der Waals surface area contributed by atoms with Gasteiger partial charge in [-0.25, -0.2) is 4.98 Å². The van der Waals surface area contributed by atoms with Crippen molar-refractivity contribution in [3.8, 4) is 0 Å². The molecule has 1 saturated carbocycles. The average Bonchev–Trinajstić information content (AvgIpc) is 2.29. The van der Waals surface area contributed by atoms with Crippen molar-refractivity contribution >= 4 is 11.6 Å². The molecule has 3 nitrogen and oxygen atoms in total. The van der Waals surface area contributed by atoms with Crippen molar-refractivity contribution in [2.24, 2.45) is 11.8 Å². The van der Waals surface area contributed by atoms with E-state index in [0.29, 0.717) is 11.4 Å². The molecule has 0 aliphatic heterocycles. The van der Waals surface area contributed by atoms with Crippen LogP contribution >= 0.6 is 0 Å². The van der Waals surface area contributed by atoms with E-state index in [1.807, 2.05) is 13.0 Å². The zero-order chi connectivity index (χ0) is 12.4. The minimum atomic E-state index is 0.149. The molecular formula is C14H20N2O. The number of aryl methyl sites for hydroxylation is 1. The molecule has 1 aromatic rings. The number of pyridine rings is 1. The van der Waals surface area contributed by atoms with Crippen LogP contribution in [-0.2, 0) is 0 Å². The SMILES string of the molecule is Cc1ccnc(N)c1C(=O)C1CCC(C)CC1. The third kappa shape index (κ3) is 2.48. The number of anilines is 1. The monoisotopic (exact) mass is 232 g/mol. The summed E-state index contributed by atoms with van der Waals surface area (Å²) in [6.45, 7) is 4.18. The van der Waals surface area contributed by atoms with Gasteiger partial charge in [0.15, 0.2) is 5.78 Å². The molecule has 0 saturated heterocycles. The molecule has 0 amide bonds. The summed E-state index contributed by atoms with van der Waals surface area (Å²) in [5.74, 6) is 1.48. The number of carbonyl (C=O) groups excluding carboxylic acids is 1. The predicted molar refractivity (Wildman–Crippen MR) is 68.8 cm³/mol. The predicted octanol–water partition coefficient (Wildman–Crippen LogP) is 2.98. The van der Waals surface area contributed by atoms with Crippen molar-refractivity contribution in [2.45, 2.75) is 39.5 Å². The lowest BCUT2D eigenvalue weighted by molar-refractivity contribution is 0.0875. The molecule has 2 rings (SSSR count). The largest absolute Gasteiger partial charge is 0.383 e. The van der Waals surface area contributed by atoms with E-state index < -0.39 is 0 Å². The molecule has 3 heteroatoms. The second-order valence-electron chi connectivity index (χ2n) is 5.21. The number of rotatable bonds is 2. The van der Waals surface area contributed by atoms with Gasteiger partial charge in [0.25, 0.3) is 0 Å². The number of aromatic nitrogens is 1. The van der Waals surface area contributed by atoms with E-state index in [0.717, 1.165) is 37.2 Å². The number of nitrogens with zero attached hydrogens (tertiary/aromatic N) is 1. The molecule has 1 aliphatic carbocycles.